The first-order chi connectivity index (χ1) is 10.2. The normalized spacial score (nSPS) is 14.6. The number of hydrogen-bond donors (Lipinski definition) is 2. The second-order valence-electron chi connectivity index (χ2n) is 5.27. The van der Waals surface area contributed by atoms with Crippen LogP contribution in [0.3, 0.4) is 0 Å². The largest absolute Gasteiger partial charge is 0.488 e. The summed E-state index contributed by atoms with van der Waals surface area (Å²) < 4.78 is 2.24. The summed E-state index contributed by atoms with van der Waals surface area (Å²) in [5, 5.41) is 27.7. The number of hydrogen-bond acceptors (Lipinski definition) is 5. The highest BCUT2D eigenvalue weighted by atomic mass is 32.2. The molecule has 1 aromatic carbocycles. The Morgan fingerprint density at radius 3 is 2.67 bits per heavy atom. The standard InChI is InChI=1S/C14H18BN3O2S/c19-15(20)12-7-5-11(6-8-12)10-21-14-17-16-13-4-2-1-3-9-18(13)14/h5-8,19-20H,1-4,9-10H2. The summed E-state index contributed by atoms with van der Waals surface area (Å²) >= 11 is 1.68. The van der Waals surface area contributed by atoms with E-state index in [4.69, 9.17) is 10.0 Å². The second-order valence-corrected chi connectivity index (χ2v) is 6.21. The van der Waals surface area contributed by atoms with Crippen molar-refractivity contribution in [1.29, 1.82) is 0 Å². The first-order valence-electron chi connectivity index (χ1n) is 7.24. The lowest BCUT2D eigenvalue weighted by atomic mass is 9.80. The molecule has 3 rings (SSSR count). The van der Waals surface area contributed by atoms with E-state index in [9.17, 15) is 0 Å². The van der Waals surface area contributed by atoms with Crippen LogP contribution in [0.5, 0.6) is 0 Å². The van der Waals surface area contributed by atoms with E-state index in [1.807, 2.05) is 12.1 Å². The molecular weight excluding hydrogens is 285 g/mol. The van der Waals surface area contributed by atoms with Crippen molar-refractivity contribution in [2.24, 2.45) is 0 Å². The smallest absolute Gasteiger partial charge is 0.423 e. The molecule has 1 aliphatic rings. The van der Waals surface area contributed by atoms with Gasteiger partial charge in [-0.15, -0.1) is 10.2 Å². The van der Waals surface area contributed by atoms with E-state index < -0.39 is 7.12 Å². The van der Waals surface area contributed by atoms with Gasteiger partial charge in [-0.1, -0.05) is 42.4 Å². The number of aryl methyl sites for hydroxylation is 1. The predicted octanol–water partition coefficient (Wildman–Crippen LogP) is 0.977. The number of aromatic nitrogens is 3. The van der Waals surface area contributed by atoms with Crippen LogP contribution in [0.15, 0.2) is 29.4 Å². The van der Waals surface area contributed by atoms with Gasteiger partial charge in [-0.3, -0.25) is 0 Å². The highest BCUT2D eigenvalue weighted by Crippen LogP contribution is 2.24. The molecule has 0 fully saturated rings. The summed E-state index contributed by atoms with van der Waals surface area (Å²) in [5.74, 6) is 1.91. The molecule has 0 unspecified atom stereocenters. The molecule has 2 aromatic rings. The molecule has 0 spiro atoms. The number of nitrogens with zero attached hydrogens (tertiary/aromatic N) is 3. The summed E-state index contributed by atoms with van der Waals surface area (Å²) in [6.45, 7) is 1.01. The second kappa shape index (κ2) is 6.64. The van der Waals surface area contributed by atoms with E-state index in [1.54, 1.807) is 23.9 Å². The molecule has 7 heteroatoms. The molecule has 1 aromatic heterocycles. The minimum atomic E-state index is -1.40. The van der Waals surface area contributed by atoms with Crippen LogP contribution in [0.1, 0.15) is 30.7 Å². The monoisotopic (exact) mass is 303 g/mol. The van der Waals surface area contributed by atoms with Crippen LogP contribution in [0, 0.1) is 0 Å². The van der Waals surface area contributed by atoms with Crippen LogP contribution in [0.2, 0.25) is 0 Å². The first-order valence-corrected chi connectivity index (χ1v) is 8.22. The van der Waals surface area contributed by atoms with Crippen molar-refractivity contribution in [2.75, 3.05) is 0 Å². The van der Waals surface area contributed by atoms with E-state index in [-0.39, 0.29) is 0 Å². The molecule has 0 saturated carbocycles. The van der Waals surface area contributed by atoms with Crippen molar-refractivity contribution in [3.8, 4) is 0 Å². The van der Waals surface area contributed by atoms with Crippen LogP contribution in [-0.2, 0) is 18.7 Å². The van der Waals surface area contributed by atoms with Crippen LogP contribution in [-0.4, -0.2) is 31.9 Å². The lowest BCUT2D eigenvalue weighted by molar-refractivity contribution is 0.426. The van der Waals surface area contributed by atoms with Crippen molar-refractivity contribution in [3.05, 3.63) is 35.7 Å². The average molecular weight is 303 g/mol. The minimum absolute atomic E-state index is 0.514. The molecule has 0 atom stereocenters. The first kappa shape index (κ1) is 14.6. The summed E-state index contributed by atoms with van der Waals surface area (Å²) in [6, 6.07) is 7.32. The Balaban J connectivity index is 1.66. The van der Waals surface area contributed by atoms with Crippen molar-refractivity contribution in [1.82, 2.24) is 14.8 Å². The minimum Gasteiger partial charge on any atom is -0.423 e. The topological polar surface area (TPSA) is 71.2 Å². The van der Waals surface area contributed by atoms with Gasteiger partial charge < -0.3 is 14.6 Å². The van der Waals surface area contributed by atoms with Gasteiger partial charge in [0, 0.05) is 18.7 Å². The highest BCUT2D eigenvalue weighted by molar-refractivity contribution is 7.98. The van der Waals surface area contributed by atoms with E-state index in [2.05, 4.69) is 14.8 Å². The van der Waals surface area contributed by atoms with Gasteiger partial charge in [-0.25, -0.2) is 0 Å². The third-order valence-electron chi connectivity index (χ3n) is 3.72. The Labute approximate surface area is 128 Å². The quantitative estimate of drug-likeness (QED) is 0.651. The third kappa shape index (κ3) is 3.48. The van der Waals surface area contributed by atoms with Crippen LogP contribution >= 0.6 is 11.8 Å². The summed E-state index contributed by atoms with van der Waals surface area (Å²) in [4.78, 5) is 0. The molecule has 5 nitrogen and oxygen atoms in total. The Morgan fingerprint density at radius 2 is 1.90 bits per heavy atom. The molecule has 0 amide bonds. The van der Waals surface area contributed by atoms with Crippen LogP contribution in [0.4, 0.5) is 0 Å². The predicted molar refractivity (Wildman–Crippen MR) is 83.4 cm³/mol. The van der Waals surface area contributed by atoms with E-state index >= 15 is 0 Å². The van der Waals surface area contributed by atoms with E-state index in [0.29, 0.717) is 5.46 Å². The Kier molecular flexibility index (Phi) is 4.62. The Bertz CT molecular complexity index is 601. The van der Waals surface area contributed by atoms with E-state index in [0.717, 1.165) is 35.3 Å². The van der Waals surface area contributed by atoms with Gasteiger partial charge in [0.05, 0.1) is 0 Å². The molecule has 2 heterocycles. The van der Waals surface area contributed by atoms with Crippen molar-refractivity contribution < 1.29 is 10.0 Å². The van der Waals surface area contributed by atoms with Gasteiger partial charge in [0.25, 0.3) is 0 Å². The van der Waals surface area contributed by atoms with Gasteiger partial charge in [0.2, 0.25) is 0 Å². The molecule has 0 saturated heterocycles. The molecule has 0 aliphatic carbocycles. The lowest BCUT2D eigenvalue weighted by Gasteiger charge is -2.07. The molecular formula is C14H18BN3O2S. The maximum atomic E-state index is 9.08. The van der Waals surface area contributed by atoms with Crippen molar-refractivity contribution in [2.45, 2.75) is 43.1 Å². The highest BCUT2D eigenvalue weighted by Gasteiger charge is 2.15. The van der Waals surface area contributed by atoms with Gasteiger partial charge >= 0.3 is 7.12 Å². The van der Waals surface area contributed by atoms with Gasteiger partial charge in [-0.05, 0) is 23.9 Å². The van der Waals surface area contributed by atoms with E-state index in [1.165, 1.54) is 19.3 Å². The summed E-state index contributed by atoms with van der Waals surface area (Å²) in [6.07, 6.45) is 4.69. The van der Waals surface area contributed by atoms with Crippen LogP contribution < -0.4 is 5.46 Å². The maximum absolute atomic E-state index is 9.08. The van der Waals surface area contributed by atoms with Gasteiger partial charge in [0.1, 0.15) is 5.82 Å². The molecule has 0 radical (unpaired) electrons. The van der Waals surface area contributed by atoms with Crippen molar-refractivity contribution >= 4 is 24.3 Å². The van der Waals surface area contributed by atoms with Crippen molar-refractivity contribution in [3.63, 3.8) is 0 Å². The van der Waals surface area contributed by atoms with Gasteiger partial charge in [0.15, 0.2) is 5.16 Å². The zero-order valence-corrected chi connectivity index (χ0v) is 12.6. The number of benzene rings is 1. The zero-order chi connectivity index (χ0) is 14.7. The SMILES string of the molecule is OB(O)c1ccc(CSc2nnc3n2CCCCC3)cc1. The molecule has 2 N–H and O–H groups in total. The fourth-order valence-corrected chi connectivity index (χ4v) is 3.44. The number of thioether (sulfide) groups is 1. The zero-order valence-electron chi connectivity index (χ0n) is 11.8. The maximum Gasteiger partial charge on any atom is 0.488 e. The van der Waals surface area contributed by atoms with Crippen LogP contribution in [0.25, 0.3) is 0 Å². The molecule has 1 aliphatic heterocycles. The fraction of sp³-hybridized carbons (Fsp3) is 0.429. The fourth-order valence-electron chi connectivity index (χ4n) is 2.50. The molecule has 110 valence electrons. The van der Waals surface area contributed by atoms with Gasteiger partial charge in [-0.2, -0.15) is 0 Å². The number of fused-ring (bicyclic) bond motifs is 1. The summed E-state index contributed by atoms with van der Waals surface area (Å²) in [7, 11) is -1.40. The average Bonchev–Trinajstić information content (AvgIpc) is 2.72. The Morgan fingerprint density at radius 1 is 1.10 bits per heavy atom. The third-order valence-corrected chi connectivity index (χ3v) is 4.76. The number of rotatable bonds is 4. The summed E-state index contributed by atoms with van der Waals surface area (Å²) in [5.41, 5.74) is 1.65. The molecule has 0 bridgehead atoms. The molecule has 21 heavy (non-hydrogen) atoms. The lowest BCUT2D eigenvalue weighted by Crippen LogP contribution is -2.29. The Hall–Kier alpha value is -1.31.